The molecule has 4 rings (SSSR count). The Hall–Kier alpha value is -3.07. The standard InChI is InChI=1S/C19H16FN3O4S/c1-26-19(25)16-9-12(27-17-5-3-2-4-13(17)20)10-23(16)18(24)11-6-7-14-15(8-11)22-28-21-14/h2-8,12,16H,9-10H2,1H3/t12-,16+/m1/s1. The summed E-state index contributed by atoms with van der Waals surface area (Å²) in [6.07, 6.45) is -0.317. The lowest BCUT2D eigenvalue weighted by Gasteiger charge is -2.22. The average molecular weight is 401 g/mol. The fraction of sp³-hybridized carbons (Fsp3) is 0.263. The Morgan fingerprint density at radius 3 is 2.75 bits per heavy atom. The van der Waals surface area contributed by atoms with Gasteiger partial charge < -0.3 is 14.4 Å². The first-order valence-corrected chi connectivity index (χ1v) is 9.32. The molecule has 0 aliphatic carbocycles. The molecule has 0 radical (unpaired) electrons. The van der Waals surface area contributed by atoms with Gasteiger partial charge in [0.2, 0.25) is 0 Å². The lowest BCUT2D eigenvalue weighted by atomic mass is 10.1. The second-order valence-corrected chi connectivity index (χ2v) is 6.90. The van der Waals surface area contributed by atoms with Crippen LogP contribution in [0.4, 0.5) is 4.39 Å². The van der Waals surface area contributed by atoms with Gasteiger partial charge in [-0.25, -0.2) is 9.18 Å². The minimum atomic E-state index is -0.807. The molecule has 28 heavy (non-hydrogen) atoms. The van der Waals surface area contributed by atoms with Crippen LogP contribution in [-0.2, 0) is 9.53 Å². The predicted octanol–water partition coefficient (Wildman–Crippen LogP) is 2.67. The Balaban J connectivity index is 1.58. The number of amides is 1. The number of carbonyl (C=O) groups excluding carboxylic acids is 2. The highest BCUT2D eigenvalue weighted by Crippen LogP contribution is 2.27. The molecule has 2 atom stereocenters. The van der Waals surface area contributed by atoms with Crippen molar-refractivity contribution < 1.29 is 23.5 Å². The first kappa shape index (κ1) is 18.3. The summed E-state index contributed by atoms with van der Waals surface area (Å²) in [5.74, 6) is -1.29. The first-order chi connectivity index (χ1) is 13.6. The smallest absolute Gasteiger partial charge is 0.328 e. The molecule has 2 heterocycles. The van der Waals surface area contributed by atoms with Crippen LogP contribution in [0.15, 0.2) is 42.5 Å². The van der Waals surface area contributed by atoms with E-state index in [4.69, 9.17) is 9.47 Å². The van der Waals surface area contributed by atoms with Crippen LogP contribution in [0.5, 0.6) is 5.75 Å². The number of aromatic nitrogens is 2. The number of nitrogens with zero attached hydrogens (tertiary/aromatic N) is 3. The molecule has 0 spiro atoms. The molecule has 1 fully saturated rings. The zero-order chi connectivity index (χ0) is 19.7. The molecule has 1 saturated heterocycles. The third kappa shape index (κ3) is 3.40. The van der Waals surface area contributed by atoms with Gasteiger partial charge in [-0.3, -0.25) is 4.79 Å². The number of ether oxygens (including phenoxy) is 2. The number of fused-ring (bicyclic) bond motifs is 1. The fourth-order valence-corrected chi connectivity index (χ4v) is 3.78. The van der Waals surface area contributed by atoms with Gasteiger partial charge in [0.25, 0.3) is 5.91 Å². The maximum absolute atomic E-state index is 13.9. The van der Waals surface area contributed by atoms with Crippen molar-refractivity contribution >= 4 is 34.6 Å². The van der Waals surface area contributed by atoms with E-state index in [1.807, 2.05) is 0 Å². The largest absolute Gasteiger partial charge is 0.485 e. The number of likely N-dealkylation sites (tertiary alicyclic amines) is 1. The van der Waals surface area contributed by atoms with Crippen LogP contribution in [0.3, 0.4) is 0 Å². The van der Waals surface area contributed by atoms with Crippen molar-refractivity contribution in [2.75, 3.05) is 13.7 Å². The summed E-state index contributed by atoms with van der Waals surface area (Å²) in [7, 11) is 1.27. The minimum Gasteiger partial charge on any atom is -0.485 e. The fourth-order valence-electron chi connectivity index (χ4n) is 3.27. The lowest BCUT2D eigenvalue weighted by Crippen LogP contribution is -2.41. The number of benzene rings is 2. The number of methoxy groups -OCH3 is 1. The van der Waals surface area contributed by atoms with E-state index in [0.29, 0.717) is 16.6 Å². The summed E-state index contributed by atoms with van der Waals surface area (Å²) in [6, 6.07) is 10.2. The van der Waals surface area contributed by atoms with E-state index in [-0.39, 0.29) is 24.6 Å². The van der Waals surface area contributed by atoms with Gasteiger partial charge in [0, 0.05) is 12.0 Å². The van der Waals surface area contributed by atoms with E-state index >= 15 is 0 Å². The topological polar surface area (TPSA) is 81.6 Å². The van der Waals surface area contributed by atoms with Gasteiger partial charge in [0.05, 0.1) is 25.4 Å². The highest BCUT2D eigenvalue weighted by Gasteiger charge is 2.42. The van der Waals surface area contributed by atoms with E-state index in [1.165, 1.54) is 24.1 Å². The minimum absolute atomic E-state index is 0.0837. The lowest BCUT2D eigenvalue weighted by molar-refractivity contribution is -0.145. The Kier molecular flexibility index (Phi) is 4.91. The highest BCUT2D eigenvalue weighted by atomic mass is 32.1. The predicted molar refractivity (Wildman–Crippen MR) is 99.7 cm³/mol. The molecule has 1 aromatic heterocycles. The van der Waals surface area contributed by atoms with Crippen LogP contribution >= 0.6 is 11.7 Å². The Bertz CT molecular complexity index is 1040. The van der Waals surface area contributed by atoms with Gasteiger partial charge in [-0.15, -0.1) is 0 Å². The molecule has 0 unspecified atom stereocenters. The quantitative estimate of drug-likeness (QED) is 0.625. The van der Waals surface area contributed by atoms with Crippen molar-refractivity contribution in [2.24, 2.45) is 0 Å². The molecule has 0 N–H and O–H groups in total. The van der Waals surface area contributed by atoms with Crippen LogP contribution in [0.25, 0.3) is 11.0 Å². The maximum Gasteiger partial charge on any atom is 0.328 e. The van der Waals surface area contributed by atoms with E-state index in [9.17, 15) is 14.0 Å². The second-order valence-electron chi connectivity index (χ2n) is 6.37. The summed E-state index contributed by atoms with van der Waals surface area (Å²) in [5.41, 5.74) is 1.71. The highest BCUT2D eigenvalue weighted by molar-refractivity contribution is 7.00. The molecule has 9 heteroatoms. The van der Waals surface area contributed by atoms with Crippen LogP contribution in [-0.4, -0.2) is 51.3 Å². The van der Waals surface area contributed by atoms with Crippen LogP contribution < -0.4 is 4.74 Å². The van der Waals surface area contributed by atoms with E-state index in [2.05, 4.69) is 8.75 Å². The SMILES string of the molecule is COC(=O)[C@@H]1C[C@@H](Oc2ccccc2F)CN1C(=O)c1ccc2nsnc2c1. The summed E-state index contributed by atoms with van der Waals surface area (Å²) >= 11 is 1.06. The number of para-hydroxylation sites is 1. The van der Waals surface area contributed by atoms with Crippen molar-refractivity contribution in [1.29, 1.82) is 0 Å². The monoisotopic (exact) mass is 401 g/mol. The molecule has 144 valence electrons. The zero-order valence-electron chi connectivity index (χ0n) is 14.9. The van der Waals surface area contributed by atoms with E-state index in [1.54, 1.807) is 30.3 Å². The first-order valence-electron chi connectivity index (χ1n) is 8.59. The summed E-state index contributed by atoms with van der Waals surface area (Å²) in [6.45, 7) is 0.139. The molecule has 7 nitrogen and oxygen atoms in total. The number of hydrogen-bond acceptors (Lipinski definition) is 7. The van der Waals surface area contributed by atoms with Crippen molar-refractivity contribution in [3.8, 4) is 5.75 Å². The molecule has 1 aliphatic heterocycles. The molecular weight excluding hydrogens is 385 g/mol. The van der Waals surface area contributed by atoms with E-state index in [0.717, 1.165) is 11.7 Å². The molecule has 1 amide bonds. The number of rotatable bonds is 4. The Labute approximate surface area is 164 Å². The maximum atomic E-state index is 13.9. The molecular formula is C19H16FN3O4S. The van der Waals surface area contributed by atoms with Gasteiger partial charge in [-0.1, -0.05) is 12.1 Å². The van der Waals surface area contributed by atoms with Gasteiger partial charge in [-0.2, -0.15) is 8.75 Å². The average Bonchev–Trinajstić information content (AvgIpc) is 3.35. The number of carbonyl (C=O) groups is 2. The molecule has 0 bridgehead atoms. The van der Waals surface area contributed by atoms with Crippen LogP contribution in [0.1, 0.15) is 16.8 Å². The molecule has 2 aromatic carbocycles. The van der Waals surface area contributed by atoms with Gasteiger partial charge in [-0.05, 0) is 30.3 Å². The van der Waals surface area contributed by atoms with Crippen molar-refractivity contribution in [3.63, 3.8) is 0 Å². The van der Waals surface area contributed by atoms with Crippen molar-refractivity contribution in [1.82, 2.24) is 13.6 Å². The van der Waals surface area contributed by atoms with Crippen molar-refractivity contribution in [2.45, 2.75) is 18.6 Å². The van der Waals surface area contributed by atoms with Gasteiger partial charge in [0.1, 0.15) is 23.2 Å². The molecule has 1 aliphatic rings. The third-order valence-electron chi connectivity index (χ3n) is 4.63. The van der Waals surface area contributed by atoms with Gasteiger partial charge >= 0.3 is 5.97 Å². The number of halogens is 1. The molecule has 0 saturated carbocycles. The van der Waals surface area contributed by atoms with Crippen LogP contribution in [0.2, 0.25) is 0 Å². The Morgan fingerprint density at radius 2 is 1.96 bits per heavy atom. The Morgan fingerprint density at radius 1 is 1.18 bits per heavy atom. The summed E-state index contributed by atoms with van der Waals surface area (Å²) < 4.78 is 32.7. The second kappa shape index (κ2) is 7.51. The van der Waals surface area contributed by atoms with Gasteiger partial charge in [0.15, 0.2) is 11.6 Å². The van der Waals surface area contributed by atoms with Crippen molar-refractivity contribution in [3.05, 3.63) is 53.8 Å². The van der Waals surface area contributed by atoms with Crippen LogP contribution in [0, 0.1) is 5.82 Å². The third-order valence-corrected chi connectivity index (χ3v) is 5.18. The summed E-state index contributed by atoms with van der Waals surface area (Å²) in [5, 5.41) is 0. The molecule has 3 aromatic rings. The summed E-state index contributed by atoms with van der Waals surface area (Å²) in [4.78, 5) is 26.7. The normalized spacial score (nSPS) is 19.0. The number of hydrogen-bond donors (Lipinski definition) is 0. The van der Waals surface area contributed by atoms with E-state index < -0.39 is 23.9 Å². The zero-order valence-corrected chi connectivity index (χ0v) is 15.7. The number of esters is 1.